The smallest absolute Gasteiger partial charge is 0.197 e. The lowest BCUT2D eigenvalue weighted by molar-refractivity contribution is -0.0318. The number of aliphatic hydroxyl groups is 1. The molecule has 1 aliphatic heterocycles. The number of hydrogen-bond acceptors (Lipinski definition) is 4. The van der Waals surface area contributed by atoms with Crippen LogP contribution in [0.15, 0.2) is 17.7 Å². The van der Waals surface area contributed by atoms with Crippen LogP contribution in [0.2, 0.25) is 0 Å². The van der Waals surface area contributed by atoms with Gasteiger partial charge in [0.1, 0.15) is 11.5 Å². The molecule has 0 amide bonds. The number of carbonyl (C=O) groups excluding carboxylic acids is 1. The Morgan fingerprint density at radius 1 is 1.53 bits per heavy atom. The van der Waals surface area contributed by atoms with Crippen LogP contribution in [-0.2, 0) is 12.8 Å². The van der Waals surface area contributed by atoms with Crippen molar-refractivity contribution in [3.63, 3.8) is 0 Å². The summed E-state index contributed by atoms with van der Waals surface area (Å²) in [6, 6.07) is 1.71. The summed E-state index contributed by atoms with van der Waals surface area (Å²) in [6.07, 6.45) is 3.27. The van der Waals surface area contributed by atoms with Crippen LogP contribution < -0.4 is 4.74 Å². The average molecular weight is 262 g/mol. The second kappa shape index (κ2) is 5.45. The molecule has 1 aliphatic rings. The van der Waals surface area contributed by atoms with Crippen LogP contribution in [0.3, 0.4) is 0 Å². The quantitative estimate of drug-likeness (QED) is 0.648. The largest absolute Gasteiger partial charge is 0.507 e. The second-order valence-corrected chi connectivity index (χ2v) is 4.99. The molecule has 0 saturated heterocycles. The molecular weight excluding hydrogens is 244 g/mol. The Balaban J connectivity index is 2.48. The van der Waals surface area contributed by atoms with Gasteiger partial charge in [-0.15, -0.1) is 0 Å². The molecule has 2 rings (SSSR count). The summed E-state index contributed by atoms with van der Waals surface area (Å²) < 4.78 is 5.34. The number of rotatable bonds is 3. The third-order valence-electron chi connectivity index (χ3n) is 3.24. The number of aldehydes is 1. The molecule has 1 atom stereocenters. The molecule has 1 unspecified atom stereocenters. The molecule has 0 fully saturated rings. The summed E-state index contributed by atoms with van der Waals surface area (Å²) in [5.74, 6) is 0.516. The molecule has 2 N–H and O–H groups in total. The summed E-state index contributed by atoms with van der Waals surface area (Å²) in [5.41, 5.74) is 2.72. The Morgan fingerprint density at radius 2 is 2.26 bits per heavy atom. The molecule has 102 valence electrons. The summed E-state index contributed by atoms with van der Waals surface area (Å²) in [7, 11) is 0. The van der Waals surface area contributed by atoms with E-state index in [1.165, 1.54) is 0 Å². The number of allylic oxidation sites excluding steroid dienone is 2. The maximum Gasteiger partial charge on any atom is 0.197 e. The van der Waals surface area contributed by atoms with Gasteiger partial charge in [-0.25, -0.2) is 0 Å². The van der Waals surface area contributed by atoms with E-state index < -0.39 is 6.29 Å². The minimum absolute atomic E-state index is 0.0197. The van der Waals surface area contributed by atoms with E-state index in [-0.39, 0.29) is 11.3 Å². The van der Waals surface area contributed by atoms with Crippen LogP contribution in [0, 0.1) is 0 Å². The Kier molecular flexibility index (Phi) is 3.90. The summed E-state index contributed by atoms with van der Waals surface area (Å²) in [6.45, 7) is 3.94. The van der Waals surface area contributed by atoms with Gasteiger partial charge < -0.3 is 14.9 Å². The highest BCUT2D eigenvalue weighted by atomic mass is 16.6. The zero-order valence-electron chi connectivity index (χ0n) is 11.1. The van der Waals surface area contributed by atoms with E-state index in [4.69, 9.17) is 4.74 Å². The minimum atomic E-state index is -0.840. The van der Waals surface area contributed by atoms with Crippen molar-refractivity contribution >= 4 is 6.29 Å². The first-order valence-corrected chi connectivity index (χ1v) is 6.34. The van der Waals surface area contributed by atoms with Crippen molar-refractivity contribution in [3.05, 3.63) is 34.4 Å². The van der Waals surface area contributed by atoms with Crippen LogP contribution in [-0.4, -0.2) is 22.8 Å². The topological polar surface area (TPSA) is 66.8 Å². The number of phenolic OH excluding ortho intramolecular Hbond substituents is 1. The Morgan fingerprint density at radius 3 is 2.89 bits per heavy atom. The van der Waals surface area contributed by atoms with E-state index in [1.54, 1.807) is 6.07 Å². The zero-order chi connectivity index (χ0) is 14.0. The normalized spacial score (nSPS) is 17.3. The number of fused-ring (bicyclic) bond motifs is 1. The number of aromatic hydroxyl groups is 1. The molecule has 1 heterocycles. The molecule has 1 aromatic carbocycles. The summed E-state index contributed by atoms with van der Waals surface area (Å²) in [5, 5.41) is 19.7. The van der Waals surface area contributed by atoms with Crippen molar-refractivity contribution in [2.75, 3.05) is 0 Å². The number of hydrogen-bond donors (Lipinski definition) is 2. The van der Waals surface area contributed by atoms with Crippen LogP contribution in [0.25, 0.3) is 0 Å². The molecule has 0 saturated carbocycles. The van der Waals surface area contributed by atoms with Crippen LogP contribution in [0.5, 0.6) is 11.5 Å². The molecule has 0 bridgehead atoms. The highest BCUT2D eigenvalue weighted by molar-refractivity contribution is 5.84. The van der Waals surface area contributed by atoms with E-state index in [0.717, 1.165) is 5.57 Å². The van der Waals surface area contributed by atoms with Crippen LogP contribution in [0.1, 0.15) is 41.8 Å². The Hall–Kier alpha value is -1.81. The van der Waals surface area contributed by atoms with Crippen molar-refractivity contribution in [2.45, 2.75) is 39.4 Å². The van der Waals surface area contributed by atoms with Crippen LogP contribution in [0.4, 0.5) is 0 Å². The SMILES string of the molecule is CC(C)=CCc1cc2c(c(C=O)c1O)CCC(O)O2. The third kappa shape index (κ3) is 2.79. The van der Waals surface area contributed by atoms with Gasteiger partial charge in [0.15, 0.2) is 12.6 Å². The summed E-state index contributed by atoms with van der Waals surface area (Å²) >= 11 is 0. The molecular formula is C15H18O4. The molecule has 1 aromatic rings. The lowest BCUT2D eigenvalue weighted by Crippen LogP contribution is -2.22. The van der Waals surface area contributed by atoms with Crippen molar-refractivity contribution in [3.8, 4) is 11.5 Å². The van der Waals surface area contributed by atoms with Gasteiger partial charge in [0.2, 0.25) is 0 Å². The van der Waals surface area contributed by atoms with Crippen LogP contribution >= 0.6 is 0 Å². The van der Waals surface area contributed by atoms with E-state index in [2.05, 4.69) is 0 Å². The molecule has 0 spiro atoms. The molecule has 0 aliphatic carbocycles. The first-order valence-electron chi connectivity index (χ1n) is 6.34. The standard InChI is InChI=1S/C15H18O4/c1-9(2)3-4-10-7-13-11(5-6-14(17)19-13)12(8-16)15(10)18/h3,7-8,14,17-18H,4-6H2,1-2H3. The van der Waals surface area contributed by atoms with E-state index in [0.29, 0.717) is 42.4 Å². The van der Waals surface area contributed by atoms with Gasteiger partial charge in [0, 0.05) is 17.5 Å². The monoisotopic (exact) mass is 262 g/mol. The molecule has 19 heavy (non-hydrogen) atoms. The number of ether oxygens (including phenoxy) is 1. The maximum atomic E-state index is 11.2. The first kappa shape index (κ1) is 13.6. The van der Waals surface area contributed by atoms with Gasteiger partial charge in [-0.1, -0.05) is 11.6 Å². The Bertz CT molecular complexity index is 527. The first-order chi connectivity index (χ1) is 9.02. The average Bonchev–Trinajstić information content (AvgIpc) is 2.36. The minimum Gasteiger partial charge on any atom is -0.507 e. The fraction of sp³-hybridized carbons (Fsp3) is 0.400. The van der Waals surface area contributed by atoms with Gasteiger partial charge in [-0.2, -0.15) is 0 Å². The zero-order valence-corrected chi connectivity index (χ0v) is 11.1. The van der Waals surface area contributed by atoms with Crippen molar-refractivity contribution < 1.29 is 19.7 Å². The Labute approximate surface area is 112 Å². The predicted octanol–water partition coefficient (Wildman–Crippen LogP) is 2.36. The highest BCUT2D eigenvalue weighted by Crippen LogP contribution is 2.37. The molecule has 4 nitrogen and oxygen atoms in total. The van der Waals surface area contributed by atoms with Crippen molar-refractivity contribution in [1.82, 2.24) is 0 Å². The van der Waals surface area contributed by atoms with E-state index in [9.17, 15) is 15.0 Å². The molecule has 4 heteroatoms. The van der Waals surface area contributed by atoms with E-state index in [1.807, 2.05) is 19.9 Å². The van der Waals surface area contributed by atoms with Gasteiger partial charge in [-0.3, -0.25) is 4.79 Å². The molecule has 0 aromatic heterocycles. The second-order valence-electron chi connectivity index (χ2n) is 4.99. The number of carbonyl (C=O) groups is 1. The maximum absolute atomic E-state index is 11.2. The van der Waals surface area contributed by atoms with Crippen molar-refractivity contribution in [2.24, 2.45) is 0 Å². The van der Waals surface area contributed by atoms with Gasteiger partial charge in [-0.05, 0) is 32.8 Å². The van der Waals surface area contributed by atoms with Gasteiger partial charge in [0.05, 0.1) is 5.56 Å². The molecule has 0 radical (unpaired) electrons. The number of benzene rings is 1. The lowest BCUT2D eigenvalue weighted by atomic mass is 9.95. The lowest BCUT2D eigenvalue weighted by Gasteiger charge is -2.24. The van der Waals surface area contributed by atoms with Crippen molar-refractivity contribution in [1.29, 1.82) is 0 Å². The number of aliphatic hydroxyl groups excluding tert-OH is 1. The van der Waals surface area contributed by atoms with E-state index >= 15 is 0 Å². The predicted molar refractivity (Wildman–Crippen MR) is 71.6 cm³/mol. The third-order valence-corrected chi connectivity index (χ3v) is 3.24. The fourth-order valence-corrected chi connectivity index (χ4v) is 2.20. The van der Waals surface area contributed by atoms with Gasteiger partial charge in [0.25, 0.3) is 0 Å². The summed E-state index contributed by atoms with van der Waals surface area (Å²) in [4.78, 5) is 11.2. The number of phenols is 1. The highest BCUT2D eigenvalue weighted by Gasteiger charge is 2.24. The van der Waals surface area contributed by atoms with Gasteiger partial charge >= 0.3 is 0 Å². The fourth-order valence-electron chi connectivity index (χ4n) is 2.20.